The smallest absolute Gasteiger partial charge is 0.142 e. The highest BCUT2D eigenvalue weighted by atomic mass is 16.3. The molecule has 3 nitrogen and oxygen atoms in total. The maximum absolute atomic E-state index is 9.52. The second-order valence-corrected chi connectivity index (χ2v) is 2.82. The standard InChI is InChI=1S/C10H15NO2/c1-3-11(4-2)10-8(12)6-5-7-9(10)13/h5-7,12-13H,3-4H2,1-2H3. The molecule has 3 heteroatoms. The molecule has 0 amide bonds. The van der Waals surface area contributed by atoms with Gasteiger partial charge in [0.1, 0.15) is 17.2 Å². The van der Waals surface area contributed by atoms with Crippen LogP contribution in [0.4, 0.5) is 5.69 Å². The van der Waals surface area contributed by atoms with Crippen LogP contribution in [0.25, 0.3) is 0 Å². The van der Waals surface area contributed by atoms with Gasteiger partial charge in [0.05, 0.1) is 0 Å². The fourth-order valence-electron chi connectivity index (χ4n) is 1.38. The predicted octanol–water partition coefficient (Wildman–Crippen LogP) is 1.94. The molecule has 1 rings (SSSR count). The van der Waals surface area contributed by atoms with Gasteiger partial charge in [-0.2, -0.15) is 0 Å². The lowest BCUT2D eigenvalue weighted by Gasteiger charge is -2.22. The lowest BCUT2D eigenvalue weighted by atomic mass is 10.2. The van der Waals surface area contributed by atoms with E-state index in [4.69, 9.17) is 0 Å². The van der Waals surface area contributed by atoms with Crippen molar-refractivity contribution in [2.24, 2.45) is 0 Å². The minimum atomic E-state index is 0.128. The molecule has 1 aromatic rings. The van der Waals surface area contributed by atoms with Crippen LogP contribution in [0.3, 0.4) is 0 Å². The van der Waals surface area contributed by atoms with E-state index in [-0.39, 0.29) is 11.5 Å². The van der Waals surface area contributed by atoms with Gasteiger partial charge in [-0.1, -0.05) is 6.07 Å². The number of hydrogen-bond acceptors (Lipinski definition) is 3. The van der Waals surface area contributed by atoms with E-state index in [0.717, 1.165) is 13.1 Å². The normalized spacial score (nSPS) is 10.0. The Morgan fingerprint density at radius 2 is 1.54 bits per heavy atom. The van der Waals surface area contributed by atoms with E-state index in [0.29, 0.717) is 5.69 Å². The number of nitrogens with zero attached hydrogens (tertiary/aromatic N) is 1. The fourth-order valence-corrected chi connectivity index (χ4v) is 1.38. The monoisotopic (exact) mass is 181 g/mol. The molecular formula is C10H15NO2. The zero-order chi connectivity index (χ0) is 9.84. The summed E-state index contributed by atoms with van der Waals surface area (Å²) in [6, 6.07) is 4.78. The summed E-state index contributed by atoms with van der Waals surface area (Å²) in [7, 11) is 0. The Morgan fingerprint density at radius 1 is 1.08 bits per heavy atom. The molecule has 1 aromatic carbocycles. The van der Waals surface area contributed by atoms with Gasteiger partial charge in [0.25, 0.3) is 0 Å². The fraction of sp³-hybridized carbons (Fsp3) is 0.400. The Morgan fingerprint density at radius 3 is 1.92 bits per heavy atom. The van der Waals surface area contributed by atoms with Crippen LogP contribution in [-0.2, 0) is 0 Å². The molecule has 72 valence electrons. The van der Waals surface area contributed by atoms with E-state index >= 15 is 0 Å². The quantitative estimate of drug-likeness (QED) is 0.749. The third-order valence-electron chi connectivity index (χ3n) is 2.07. The third-order valence-corrected chi connectivity index (χ3v) is 2.07. The van der Waals surface area contributed by atoms with Gasteiger partial charge >= 0.3 is 0 Å². The summed E-state index contributed by atoms with van der Waals surface area (Å²) >= 11 is 0. The van der Waals surface area contributed by atoms with E-state index in [9.17, 15) is 10.2 Å². The number of aromatic hydroxyl groups is 2. The minimum absolute atomic E-state index is 0.128. The molecule has 0 aliphatic heterocycles. The number of hydrogen-bond donors (Lipinski definition) is 2. The first kappa shape index (κ1) is 9.71. The SMILES string of the molecule is CCN(CC)c1c(O)cccc1O. The van der Waals surface area contributed by atoms with Crippen LogP contribution < -0.4 is 4.90 Å². The van der Waals surface area contributed by atoms with Crippen LogP contribution >= 0.6 is 0 Å². The molecule has 0 unspecified atom stereocenters. The van der Waals surface area contributed by atoms with Crippen molar-refractivity contribution in [3.05, 3.63) is 18.2 Å². The van der Waals surface area contributed by atoms with E-state index in [1.54, 1.807) is 18.2 Å². The first-order chi connectivity index (χ1) is 6.20. The lowest BCUT2D eigenvalue weighted by Crippen LogP contribution is -2.21. The largest absolute Gasteiger partial charge is 0.506 e. The average Bonchev–Trinajstić information content (AvgIpc) is 2.11. The highest BCUT2D eigenvalue weighted by Gasteiger charge is 2.11. The molecular weight excluding hydrogens is 166 g/mol. The van der Waals surface area contributed by atoms with Gasteiger partial charge in [0, 0.05) is 13.1 Å². The van der Waals surface area contributed by atoms with E-state index in [1.165, 1.54) is 0 Å². The predicted molar refractivity (Wildman–Crippen MR) is 53.3 cm³/mol. The topological polar surface area (TPSA) is 43.7 Å². The Kier molecular flexibility index (Phi) is 3.01. The van der Waals surface area contributed by atoms with Crippen molar-refractivity contribution >= 4 is 5.69 Å². The molecule has 0 fully saturated rings. The summed E-state index contributed by atoms with van der Waals surface area (Å²) in [5.74, 6) is 0.257. The average molecular weight is 181 g/mol. The summed E-state index contributed by atoms with van der Waals surface area (Å²) in [5, 5.41) is 19.0. The summed E-state index contributed by atoms with van der Waals surface area (Å²) in [4.78, 5) is 1.91. The van der Waals surface area contributed by atoms with Gasteiger partial charge in [-0.05, 0) is 26.0 Å². The number of benzene rings is 1. The van der Waals surface area contributed by atoms with Gasteiger partial charge < -0.3 is 15.1 Å². The number of rotatable bonds is 3. The van der Waals surface area contributed by atoms with Crippen molar-refractivity contribution in [1.29, 1.82) is 0 Å². The van der Waals surface area contributed by atoms with Crippen LogP contribution in [0.15, 0.2) is 18.2 Å². The second kappa shape index (κ2) is 4.03. The maximum Gasteiger partial charge on any atom is 0.142 e. The molecule has 0 aliphatic carbocycles. The summed E-state index contributed by atoms with van der Waals surface area (Å²) in [5.41, 5.74) is 0.521. The minimum Gasteiger partial charge on any atom is -0.506 e. The van der Waals surface area contributed by atoms with Crippen molar-refractivity contribution in [2.45, 2.75) is 13.8 Å². The van der Waals surface area contributed by atoms with Crippen molar-refractivity contribution in [1.82, 2.24) is 0 Å². The molecule has 0 radical (unpaired) electrons. The number of phenols is 2. The Hall–Kier alpha value is -1.38. The van der Waals surface area contributed by atoms with Crippen LogP contribution in [0.2, 0.25) is 0 Å². The lowest BCUT2D eigenvalue weighted by molar-refractivity contribution is 0.449. The summed E-state index contributed by atoms with van der Waals surface area (Å²) in [6.45, 7) is 5.49. The Bertz CT molecular complexity index is 262. The molecule has 2 N–H and O–H groups in total. The molecule has 0 saturated carbocycles. The molecule has 0 aromatic heterocycles. The highest BCUT2D eigenvalue weighted by molar-refractivity contribution is 5.66. The van der Waals surface area contributed by atoms with Crippen molar-refractivity contribution in [2.75, 3.05) is 18.0 Å². The van der Waals surface area contributed by atoms with Gasteiger partial charge in [-0.3, -0.25) is 0 Å². The molecule has 0 atom stereocenters. The summed E-state index contributed by atoms with van der Waals surface area (Å²) in [6.07, 6.45) is 0. The molecule has 0 spiro atoms. The van der Waals surface area contributed by atoms with Crippen molar-refractivity contribution in [3.8, 4) is 11.5 Å². The molecule has 0 aliphatic rings. The second-order valence-electron chi connectivity index (χ2n) is 2.82. The van der Waals surface area contributed by atoms with Gasteiger partial charge in [-0.25, -0.2) is 0 Å². The van der Waals surface area contributed by atoms with Crippen molar-refractivity contribution in [3.63, 3.8) is 0 Å². The zero-order valence-corrected chi connectivity index (χ0v) is 7.99. The summed E-state index contributed by atoms with van der Waals surface area (Å²) < 4.78 is 0. The van der Waals surface area contributed by atoms with Crippen LogP contribution in [0.5, 0.6) is 11.5 Å². The van der Waals surface area contributed by atoms with E-state index in [2.05, 4.69) is 0 Å². The van der Waals surface area contributed by atoms with E-state index in [1.807, 2.05) is 18.7 Å². The van der Waals surface area contributed by atoms with Crippen LogP contribution in [-0.4, -0.2) is 23.3 Å². The molecule has 0 heterocycles. The first-order valence-electron chi connectivity index (χ1n) is 4.46. The number of para-hydroxylation sites is 1. The van der Waals surface area contributed by atoms with Gasteiger partial charge in [-0.15, -0.1) is 0 Å². The van der Waals surface area contributed by atoms with E-state index < -0.39 is 0 Å². The van der Waals surface area contributed by atoms with Crippen molar-refractivity contribution < 1.29 is 10.2 Å². The van der Waals surface area contributed by atoms with Crippen LogP contribution in [0, 0.1) is 0 Å². The third kappa shape index (κ3) is 1.86. The van der Waals surface area contributed by atoms with Crippen LogP contribution in [0.1, 0.15) is 13.8 Å². The zero-order valence-electron chi connectivity index (χ0n) is 7.99. The van der Waals surface area contributed by atoms with Gasteiger partial charge in [0.2, 0.25) is 0 Å². The first-order valence-corrected chi connectivity index (χ1v) is 4.46. The Balaban J connectivity index is 3.10. The molecule has 13 heavy (non-hydrogen) atoms. The number of anilines is 1. The molecule has 0 bridgehead atoms. The maximum atomic E-state index is 9.52. The van der Waals surface area contributed by atoms with Gasteiger partial charge in [0.15, 0.2) is 0 Å². The highest BCUT2D eigenvalue weighted by Crippen LogP contribution is 2.35. The Labute approximate surface area is 78.2 Å². The number of phenolic OH excluding ortho intramolecular Hbond substituents is 2. The molecule has 0 saturated heterocycles.